The number of rotatable bonds is 5. The molecule has 2 atom stereocenters. The monoisotopic (exact) mass is 415 g/mol. The second kappa shape index (κ2) is 8.27. The minimum absolute atomic E-state index is 0.564. The summed E-state index contributed by atoms with van der Waals surface area (Å²) in [6.45, 7) is 5.40. The molecule has 0 spiro atoms. The van der Waals surface area contributed by atoms with Crippen molar-refractivity contribution in [2.75, 3.05) is 5.32 Å². The van der Waals surface area contributed by atoms with E-state index < -0.39 is 0 Å². The lowest BCUT2D eigenvalue weighted by molar-refractivity contribution is 0.358. The number of aromatic nitrogens is 2. The first kappa shape index (κ1) is 19.4. The number of nitrogens with one attached hydrogen (secondary N) is 1. The van der Waals surface area contributed by atoms with Gasteiger partial charge in [0.15, 0.2) is 5.13 Å². The molecule has 3 nitrogen and oxygen atoms in total. The van der Waals surface area contributed by atoms with Gasteiger partial charge in [0.25, 0.3) is 0 Å². The zero-order valence-corrected chi connectivity index (χ0v) is 18.6. The van der Waals surface area contributed by atoms with Crippen molar-refractivity contribution in [2.24, 2.45) is 5.92 Å². The molecule has 2 aromatic carbocycles. The molecule has 1 N–H and O–H groups in total. The summed E-state index contributed by atoms with van der Waals surface area (Å²) >= 11 is 1.73. The second-order valence-corrected chi connectivity index (χ2v) is 9.69. The summed E-state index contributed by atoms with van der Waals surface area (Å²) in [7, 11) is 0. The van der Waals surface area contributed by atoms with E-state index in [1.54, 1.807) is 11.3 Å². The van der Waals surface area contributed by atoms with E-state index in [9.17, 15) is 0 Å². The Kier molecular flexibility index (Phi) is 5.34. The van der Waals surface area contributed by atoms with Gasteiger partial charge >= 0.3 is 0 Å². The highest BCUT2D eigenvalue weighted by Crippen LogP contribution is 2.35. The topological polar surface area (TPSA) is 29.9 Å². The molecule has 0 bridgehead atoms. The number of thiazole rings is 1. The van der Waals surface area contributed by atoms with Gasteiger partial charge in [0, 0.05) is 40.6 Å². The Balaban J connectivity index is 1.47. The number of benzene rings is 2. The normalized spacial score (nSPS) is 19.3. The van der Waals surface area contributed by atoms with Crippen LogP contribution in [-0.4, -0.2) is 15.6 Å². The molecule has 1 saturated carbocycles. The number of aryl methyl sites for hydroxylation is 1. The fourth-order valence-electron chi connectivity index (χ4n) is 4.73. The predicted molar refractivity (Wildman–Crippen MR) is 128 cm³/mol. The maximum absolute atomic E-state index is 4.99. The first-order valence-corrected chi connectivity index (χ1v) is 11.9. The molecule has 0 radical (unpaired) electrons. The maximum Gasteiger partial charge on any atom is 0.183 e. The zero-order valence-electron chi connectivity index (χ0n) is 17.8. The van der Waals surface area contributed by atoms with E-state index in [0.29, 0.717) is 6.04 Å². The second-order valence-electron chi connectivity index (χ2n) is 8.83. The van der Waals surface area contributed by atoms with E-state index in [1.165, 1.54) is 53.3 Å². The van der Waals surface area contributed by atoms with Crippen molar-refractivity contribution in [1.82, 2.24) is 9.55 Å². The minimum Gasteiger partial charge on any atom is -0.359 e. The van der Waals surface area contributed by atoms with E-state index in [2.05, 4.69) is 83.8 Å². The first-order valence-electron chi connectivity index (χ1n) is 11.0. The third kappa shape index (κ3) is 4.01. The van der Waals surface area contributed by atoms with Crippen LogP contribution in [0.1, 0.15) is 43.7 Å². The lowest BCUT2D eigenvalue weighted by Gasteiger charge is -2.27. The van der Waals surface area contributed by atoms with Crippen LogP contribution in [0.2, 0.25) is 0 Å². The highest BCUT2D eigenvalue weighted by Gasteiger charge is 2.20. The summed E-state index contributed by atoms with van der Waals surface area (Å²) in [5, 5.41) is 8.26. The summed E-state index contributed by atoms with van der Waals surface area (Å²) in [5.74, 6) is 0.814. The van der Waals surface area contributed by atoms with Crippen LogP contribution in [0.25, 0.3) is 22.2 Å². The summed E-state index contributed by atoms with van der Waals surface area (Å²) in [4.78, 5) is 4.99. The first-order chi connectivity index (χ1) is 14.7. The highest BCUT2D eigenvalue weighted by atomic mass is 32.1. The Hall–Kier alpha value is -2.59. The van der Waals surface area contributed by atoms with E-state index in [0.717, 1.165) is 23.3 Å². The highest BCUT2D eigenvalue weighted by molar-refractivity contribution is 7.14. The van der Waals surface area contributed by atoms with E-state index in [1.807, 2.05) is 0 Å². The van der Waals surface area contributed by atoms with E-state index in [-0.39, 0.29) is 0 Å². The molecule has 2 heterocycles. The average Bonchev–Trinajstić information content (AvgIpc) is 3.33. The molecular formula is C26H29N3S. The fourth-order valence-corrected chi connectivity index (χ4v) is 5.52. The molecule has 154 valence electrons. The molecule has 0 saturated heterocycles. The van der Waals surface area contributed by atoms with Crippen LogP contribution in [0, 0.1) is 12.8 Å². The van der Waals surface area contributed by atoms with Gasteiger partial charge in [0.1, 0.15) is 0 Å². The van der Waals surface area contributed by atoms with Crippen molar-refractivity contribution in [3.63, 3.8) is 0 Å². The van der Waals surface area contributed by atoms with Gasteiger partial charge < -0.3 is 9.88 Å². The predicted octanol–water partition coefficient (Wildman–Crippen LogP) is 7.11. The molecule has 0 aliphatic heterocycles. The molecule has 1 fully saturated rings. The number of hydrogen-bond acceptors (Lipinski definition) is 3. The van der Waals surface area contributed by atoms with Crippen molar-refractivity contribution in [2.45, 2.75) is 52.1 Å². The minimum atomic E-state index is 0.564. The van der Waals surface area contributed by atoms with Crippen LogP contribution in [0.3, 0.4) is 0 Å². The van der Waals surface area contributed by atoms with Crippen LogP contribution in [0.4, 0.5) is 5.13 Å². The van der Waals surface area contributed by atoms with Crippen LogP contribution in [-0.2, 0) is 6.54 Å². The molecule has 4 aromatic rings. The lowest BCUT2D eigenvalue weighted by Crippen LogP contribution is -2.26. The van der Waals surface area contributed by atoms with Gasteiger partial charge in [0.05, 0.1) is 5.69 Å². The van der Waals surface area contributed by atoms with Crippen LogP contribution >= 0.6 is 11.3 Å². The van der Waals surface area contributed by atoms with Gasteiger partial charge in [-0.3, -0.25) is 0 Å². The number of nitrogens with zero attached hydrogens (tertiary/aromatic N) is 2. The third-order valence-corrected chi connectivity index (χ3v) is 7.05. The average molecular weight is 416 g/mol. The molecule has 1 aliphatic rings. The molecule has 2 aromatic heterocycles. The molecule has 1 aliphatic carbocycles. The van der Waals surface area contributed by atoms with Gasteiger partial charge in [-0.15, -0.1) is 11.3 Å². The number of fused-ring (bicyclic) bond motifs is 1. The fraction of sp³-hybridized carbons (Fsp3) is 0.346. The molecule has 5 rings (SSSR count). The zero-order chi connectivity index (χ0) is 20.5. The van der Waals surface area contributed by atoms with Gasteiger partial charge in [-0.05, 0) is 43.4 Å². The summed E-state index contributed by atoms with van der Waals surface area (Å²) < 4.78 is 2.36. The summed E-state index contributed by atoms with van der Waals surface area (Å²) in [5.41, 5.74) is 6.17. The van der Waals surface area contributed by atoms with Crippen molar-refractivity contribution in [3.8, 4) is 11.3 Å². The Morgan fingerprint density at radius 1 is 1.13 bits per heavy atom. The Labute approximate surface area is 182 Å². The molecular weight excluding hydrogens is 386 g/mol. The Morgan fingerprint density at radius 3 is 2.83 bits per heavy atom. The quantitative estimate of drug-likeness (QED) is 0.376. The van der Waals surface area contributed by atoms with Gasteiger partial charge in [-0.1, -0.05) is 61.7 Å². The Morgan fingerprint density at radius 2 is 2.00 bits per heavy atom. The van der Waals surface area contributed by atoms with Gasteiger partial charge in [-0.2, -0.15) is 0 Å². The van der Waals surface area contributed by atoms with Crippen molar-refractivity contribution >= 4 is 27.4 Å². The molecule has 30 heavy (non-hydrogen) atoms. The smallest absolute Gasteiger partial charge is 0.183 e. The summed E-state index contributed by atoms with van der Waals surface area (Å²) in [6.07, 6.45) is 7.48. The number of anilines is 1. The van der Waals surface area contributed by atoms with Crippen LogP contribution < -0.4 is 5.32 Å². The lowest BCUT2D eigenvalue weighted by atomic mass is 9.87. The molecule has 4 heteroatoms. The molecule has 0 amide bonds. The summed E-state index contributed by atoms with van der Waals surface area (Å²) in [6, 6.07) is 18.0. The Bertz CT molecular complexity index is 1140. The third-order valence-electron chi connectivity index (χ3n) is 6.28. The van der Waals surface area contributed by atoms with Crippen molar-refractivity contribution in [3.05, 3.63) is 71.2 Å². The maximum atomic E-state index is 4.99. The van der Waals surface area contributed by atoms with Crippen molar-refractivity contribution in [1.29, 1.82) is 0 Å². The SMILES string of the molecule is Cc1ccc2c(c1)c(-c1csc(NC3CCCC(C)C3)n1)cn2Cc1ccccc1. The van der Waals surface area contributed by atoms with Crippen LogP contribution in [0.5, 0.6) is 0 Å². The van der Waals surface area contributed by atoms with Gasteiger partial charge in [-0.25, -0.2) is 4.98 Å². The van der Waals surface area contributed by atoms with E-state index in [4.69, 9.17) is 4.98 Å². The number of hydrogen-bond donors (Lipinski definition) is 1. The standard InChI is InChI=1S/C26H29N3S/c1-18-7-6-10-21(13-18)27-26-28-24(17-30-26)23-16-29(15-20-8-4-3-5-9-20)25-12-11-19(2)14-22(23)25/h3-5,8-9,11-12,14,16-18,21H,6-7,10,13,15H2,1-2H3,(H,27,28). The van der Waals surface area contributed by atoms with Gasteiger partial charge in [0.2, 0.25) is 0 Å². The largest absolute Gasteiger partial charge is 0.359 e. The van der Waals surface area contributed by atoms with Crippen molar-refractivity contribution < 1.29 is 0 Å². The molecule has 2 unspecified atom stereocenters. The van der Waals surface area contributed by atoms with E-state index >= 15 is 0 Å². The van der Waals surface area contributed by atoms with Crippen LogP contribution in [0.15, 0.2) is 60.1 Å².